The number of halogens is 1. The number of pyridine rings is 1. The topological polar surface area (TPSA) is 27.1 Å². The number of nitrogens with zero attached hydrogens (tertiary/aromatic N) is 2. The van der Waals surface area contributed by atoms with E-state index in [9.17, 15) is 4.39 Å². The van der Waals surface area contributed by atoms with Gasteiger partial charge in [-0.2, -0.15) is 0 Å². The standard InChI is InChI=1S/C25H25FN2O/c1-16-5-6-17(2)21(13-16)14-28-19(4)18(3)24-25(28)23(11-12-27-24)29-15-20-7-9-22(26)10-8-20/h5-13H,14-15H2,1-4H3. The van der Waals surface area contributed by atoms with Crippen LogP contribution in [0.5, 0.6) is 5.75 Å². The molecule has 0 saturated heterocycles. The third-order valence-electron chi connectivity index (χ3n) is 5.60. The minimum absolute atomic E-state index is 0.242. The summed E-state index contributed by atoms with van der Waals surface area (Å²) in [6.07, 6.45) is 1.79. The summed E-state index contributed by atoms with van der Waals surface area (Å²) < 4.78 is 21.6. The molecule has 4 heteroatoms. The first-order chi connectivity index (χ1) is 13.9. The van der Waals surface area contributed by atoms with Crippen molar-refractivity contribution < 1.29 is 9.13 Å². The highest BCUT2D eigenvalue weighted by molar-refractivity contribution is 5.86. The molecule has 0 aliphatic heterocycles. The molecule has 0 aliphatic rings. The molecule has 2 heterocycles. The van der Waals surface area contributed by atoms with Crippen molar-refractivity contribution in [2.45, 2.75) is 40.8 Å². The van der Waals surface area contributed by atoms with Crippen molar-refractivity contribution in [3.8, 4) is 5.75 Å². The molecule has 0 amide bonds. The van der Waals surface area contributed by atoms with Crippen LogP contribution in [0.2, 0.25) is 0 Å². The molecule has 0 saturated carbocycles. The molecule has 0 bridgehead atoms. The highest BCUT2D eigenvalue weighted by Gasteiger charge is 2.17. The minimum atomic E-state index is -0.242. The molecular formula is C25H25FN2O. The van der Waals surface area contributed by atoms with Crippen LogP contribution in [-0.2, 0) is 13.2 Å². The summed E-state index contributed by atoms with van der Waals surface area (Å²) in [5.74, 6) is 0.550. The minimum Gasteiger partial charge on any atom is -0.487 e. The number of rotatable bonds is 5. The molecule has 2 aromatic carbocycles. The number of aryl methyl sites for hydroxylation is 3. The van der Waals surface area contributed by atoms with E-state index in [2.05, 4.69) is 55.4 Å². The van der Waals surface area contributed by atoms with E-state index in [1.165, 1.54) is 34.5 Å². The lowest BCUT2D eigenvalue weighted by molar-refractivity contribution is 0.308. The van der Waals surface area contributed by atoms with Gasteiger partial charge in [-0.3, -0.25) is 4.98 Å². The van der Waals surface area contributed by atoms with E-state index in [-0.39, 0.29) is 5.82 Å². The Morgan fingerprint density at radius 1 is 0.966 bits per heavy atom. The van der Waals surface area contributed by atoms with Crippen LogP contribution in [0.25, 0.3) is 11.0 Å². The van der Waals surface area contributed by atoms with Crippen molar-refractivity contribution in [3.63, 3.8) is 0 Å². The van der Waals surface area contributed by atoms with Crippen molar-refractivity contribution in [1.82, 2.24) is 9.55 Å². The quantitative estimate of drug-likeness (QED) is 0.417. The normalized spacial score (nSPS) is 11.2. The summed E-state index contributed by atoms with van der Waals surface area (Å²) >= 11 is 0. The monoisotopic (exact) mass is 388 g/mol. The number of hydrogen-bond donors (Lipinski definition) is 0. The van der Waals surface area contributed by atoms with Crippen molar-refractivity contribution in [1.29, 1.82) is 0 Å². The van der Waals surface area contributed by atoms with Crippen molar-refractivity contribution in [2.24, 2.45) is 0 Å². The number of fused-ring (bicyclic) bond motifs is 1. The van der Waals surface area contributed by atoms with Gasteiger partial charge in [0.25, 0.3) is 0 Å². The molecular weight excluding hydrogens is 363 g/mol. The molecule has 2 aromatic heterocycles. The van der Waals surface area contributed by atoms with Gasteiger partial charge >= 0.3 is 0 Å². The van der Waals surface area contributed by atoms with Crippen LogP contribution >= 0.6 is 0 Å². The maximum Gasteiger partial charge on any atom is 0.147 e. The molecule has 148 valence electrons. The molecule has 0 unspecified atom stereocenters. The van der Waals surface area contributed by atoms with Crippen LogP contribution in [0.15, 0.2) is 54.7 Å². The fraction of sp³-hybridized carbons (Fsp3) is 0.240. The predicted octanol–water partition coefficient (Wildman–Crippen LogP) is 6.04. The van der Waals surface area contributed by atoms with Gasteiger partial charge in [0, 0.05) is 24.5 Å². The molecule has 3 nitrogen and oxygen atoms in total. The van der Waals surface area contributed by atoms with E-state index in [1.807, 2.05) is 6.07 Å². The third kappa shape index (κ3) is 3.75. The van der Waals surface area contributed by atoms with Gasteiger partial charge in [0.15, 0.2) is 0 Å². The van der Waals surface area contributed by atoms with Crippen molar-refractivity contribution in [2.75, 3.05) is 0 Å². The van der Waals surface area contributed by atoms with Gasteiger partial charge in [-0.1, -0.05) is 35.9 Å². The highest BCUT2D eigenvalue weighted by Crippen LogP contribution is 2.32. The molecule has 0 atom stereocenters. The van der Waals surface area contributed by atoms with E-state index < -0.39 is 0 Å². The van der Waals surface area contributed by atoms with Gasteiger partial charge < -0.3 is 9.30 Å². The van der Waals surface area contributed by atoms with Gasteiger partial charge in [0.05, 0.1) is 5.52 Å². The fourth-order valence-corrected chi connectivity index (χ4v) is 3.71. The Bertz CT molecular complexity index is 1180. The zero-order valence-corrected chi connectivity index (χ0v) is 17.3. The number of aromatic nitrogens is 2. The Hall–Kier alpha value is -3.14. The average Bonchev–Trinajstić information content (AvgIpc) is 2.96. The summed E-state index contributed by atoms with van der Waals surface area (Å²) in [6.45, 7) is 9.65. The average molecular weight is 388 g/mol. The molecule has 4 aromatic rings. The SMILES string of the molecule is Cc1ccc(C)c(Cn2c(C)c(C)c3nccc(OCc4ccc(F)cc4)c32)c1. The molecule has 0 N–H and O–H groups in total. The lowest BCUT2D eigenvalue weighted by Crippen LogP contribution is -2.06. The third-order valence-corrected chi connectivity index (χ3v) is 5.60. The fourth-order valence-electron chi connectivity index (χ4n) is 3.71. The van der Waals surface area contributed by atoms with Gasteiger partial charge in [-0.25, -0.2) is 4.39 Å². The van der Waals surface area contributed by atoms with Crippen LogP contribution < -0.4 is 4.74 Å². The second-order valence-electron chi connectivity index (χ2n) is 7.65. The van der Waals surface area contributed by atoms with E-state index in [4.69, 9.17) is 4.74 Å². The summed E-state index contributed by atoms with van der Waals surface area (Å²) in [5, 5.41) is 0. The van der Waals surface area contributed by atoms with Gasteiger partial charge in [-0.15, -0.1) is 0 Å². The van der Waals surface area contributed by atoms with E-state index in [0.29, 0.717) is 6.61 Å². The maximum absolute atomic E-state index is 13.2. The number of benzene rings is 2. The molecule has 0 fully saturated rings. The van der Waals surface area contributed by atoms with Crippen LogP contribution in [-0.4, -0.2) is 9.55 Å². The Morgan fingerprint density at radius 2 is 1.72 bits per heavy atom. The van der Waals surface area contributed by atoms with Crippen molar-refractivity contribution >= 4 is 11.0 Å². The zero-order chi connectivity index (χ0) is 20.5. The number of ether oxygens (including phenoxy) is 1. The second-order valence-corrected chi connectivity index (χ2v) is 7.65. The lowest BCUT2D eigenvalue weighted by atomic mass is 10.1. The summed E-state index contributed by atoms with van der Waals surface area (Å²) in [7, 11) is 0. The van der Waals surface area contributed by atoms with E-state index in [0.717, 1.165) is 34.5 Å². The second kappa shape index (κ2) is 7.70. The van der Waals surface area contributed by atoms with Crippen molar-refractivity contribution in [3.05, 3.63) is 94.1 Å². The first-order valence-electron chi connectivity index (χ1n) is 9.82. The molecule has 4 rings (SSSR count). The van der Waals surface area contributed by atoms with Crippen LogP contribution in [0.3, 0.4) is 0 Å². The Morgan fingerprint density at radius 3 is 2.48 bits per heavy atom. The molecule has 0 spiro atoms. The van der Waals surface area contributed by atoms with Gasteiger partial charge in [-0.05, 0) is 62.1 Å². The predicted molar refractivity (Wildman–Crippen MR) is 115 cm³/mol. The van der Waals surface area contributed by atoms with Gasteiger partial charge in [0.1, 0.15) is 23.7 Å². The molecule has 0 aliphatic carbocycles. The summed E-state index contributed by atoms with van der Waals surface area (Å²) in [6, 6.07) is 14.9. The lowest BCUT2D eigenvalue weighted by Gasteiger charge is -2.14. The first kappa shape index (κ1) is 19.2. The number of hydrogen-bond acceptors (Lipinski definition) is 2. The summed E-state index contributed by atoms with van der Waals surface area (Å²) in [4.78, 5) is 4.62. The zero-order valence-electron chi connectivity index (χ0n) is 17.3. The van der Waals surface area contributed by atoms with Crippen LogP contribution in [0.4, 0.5) is 4.39 Å². The first-order valence-corrected chi connectivity index (χ1v) is 9.82. The summed E-state index contributed by atoms with van der Waals surface area (Å²) in [5.41, 5.74) is 9.06. The van der Waals surface area contributed by atoms with Gasteiger partial charge in [0.2, 0.25) is 0 Å². The largest absolute Gasteiger partial charge is 0.487 e. The van der Waals surface area contributed by atoms with Crippen LogP contribution in [0, 0.1) is 33.5 Å². The molecule has 0 radical (unpaired) electrons. The van der Waals surface area contributed by atoms with Crippen LogP contribution in [0.1, 0.15) is 33.5 Å². The molecule has 29 heavy (non-hydrogen) atoms. The Labute approximate surface area is 170 Å². The highest BCUT2D eigenvalue weighted by atomic mass is 19.1. The maximum atomic E-state index is 13.2. The Kier molecular flexibility index (Phi) is 5.10. The smallest absolute Gasteiger partial charge is 0.147 e. The van der Waals surface area contributed by atoms with E-state index >= 15 is 0 Å². The Balaban J connectivity index is 1.75. The van der Waals surface area contributed by atoms with E-state index in [1.54, 1.807) is 18.3 Å².